The van der Waals surface area contributed by atoms with Crippen LogP contribution in [0.3, 0.4) is 0 Å². The first-order valence-electron chi connectivity index (χ1n) is 8.39. The van der Waals surface area contributed by atoms with Gasteiger partial charge in [0.2, 0.25) is 0 Å². The van der Waals surface area contributed by atoms with Crippen molar-refractivity contribution in [1.29, 1.82) is 0 Å². The van der Waals surface area contributed by atoms with E-state index in [9.17, 15) is 4.79 Å². The number of aromatic nitrogens is 3. The lowest BCUT2D eigenvalue weighted by Crippen LogP contribution is -2.23. The maximum Gasteiger partial charge on any atom is 0.268 e. The third kappa shape index (κ3) is 2.17. The molecule has 4 aromatic heterocycles. The average molecular weight is 351 g/mol. The van der Waals surface area contributed by atoms with E-state index in [2.05, 4.69) is 23.8 Å². The van der Waals surface area contributed by atoms with Gasteiger partial charge in [-0.25, -0.2) is 9.97 Å². The smallest absolute Gasteiger partial charge is 0.268 e. The van der Waals surface area contributed by atoms with Crippen molar-refractivity contribution in [3.05, 3.63) is 46.2 Å². The van der Waals surface area contributed by atoms with Crippen LogP contribution in [-0.2, 0) is 12.8 Å². The van der Waals surface area contributed by atoms with Gasteiger partial charge in [0.15, 0.2) is 5.76 Å². The van der Waals surface area contributed by atoms with Crippen LogP contribution in [0.2, 0.25) is 0 Å². The molecule has 0 saturated heterocycles. The Morgan fingerprint density at radius 2 is 2.20 bits per heavy atom. The van der Waals surface area contributed by atoms with Gasteiger partial charge in [-0.05, 0) is 47.9 Å². The van der Waals surface area contributed by atoms with Crippen molar-refractivity contribution in [1.82, 2.24) is 15.0 Å². The molecule has 25 heavy (non-hydrogen) atoms. The Morgan fingerprint density at radius 1 is 1.32 bits per heavy atom. The van der Waals surface area contributed by atoms with Gasteiger partial charge in [-0.2, -0.15) is 0 Å². The molecule has 0 aliphatic heterocycles. The second-order valence-electron chi connectivity index (χ2n) is 7.43. The molecule has 1 aliphatic rings. The summed E-state index contributed by atoms with van der Waals surface area (Å²) in [7, 11) is 0. The topological polar surface area (TPSA) is 71.8 Å². The van der Waals surface area contributed by atoms with E-state index in [0.717, 1.165) is 46.4 Å². The highest BCUT2D eigenvalue weighted by atomic mass is 32.1. The zero-order chi connectivity index (χ0) is 17.2. The van der Waals surface area contributed by atoms with Crippen LogP contribution in [0.5, 0.6) is 0 Å². The molecule has 1 aliphatic carbocycles. The summed E-state index contributed by atoms with van der Waals surface area (Å²) in [5.41, 5.74) is 4.32. The first-order valence-corrected chi connectivity index (χ1v) is 9.21. The van der Waals surface area contributed by atoms with Crippen molar-refractivity contribution in [2.24, 2.45) is 5.41 Å². The predicted octanol–water partition coefficient (Wildman–Crippen LogP) is 4.31. The third-order valence-corrected chi connectivity index (χ3v) is 6.16. The Morgan fingerprint density at radius 3 is 3.00 bits per heavy atom. The first kappa shape index (κ1) is 14.8. The molecule has 1 N–H and O–H groups in total. The number of fused-ring (bicyclic) bond motifs is 5. The second kappa shape index (κ2) is 5.02. The zero-order valence-electron chi connectivity index (χ0n) is 14.0. The first-order chi connectivity index (χ1) is 12.0. The van der Waals surface area contributed by atoms with Crippen LogP contribution in [0, 0.1) is 5.41 Å². The number of rotatable bonds is 1. The van der Waals surface area contributed by atoms with Crippen molar-refractivity contribution in [2.45, 2.75) is 33.1 Å². The van der Waals surface area contributed by atoms with Gasteiger partial charge in [-0.15, -0.1) is 11.3 Å². The minimum absolute atomic E-state index is 0.101. The number of pyridine rings is 1. The van der Waals surface area contributed by atoms with Gasteiger partial charge in [-0.3, -0.25) is 4.79 Å². The summed E-state index contributed by atoms with van der Waals surface area (Å²) < 4.78 is 6.29. The predicted molar refractivity (Wildman–Crippen MR) is 99.0 cm³/mol. The summed E-state index contributed by atoms with van der Waals surface area (Å²) in [5, 5.41) is 1.05. The molecular formula is C19H17N3O2S. The van der Waals surface area contributed by atoms with Crippen molar-refractivity contribution in [3.8, 4) is 11.5 Å². The van der Waals surface area contributed by atoms with Crippen LogP contribution < -0.4 is 5.56 Å². The molecule has 126 valence electrons. The van der Waals surface area contributed by atoms with E-state index < -0.39 is 0 Å². The van der Waals surface area contributed by atoms with Crippen LogP contribution in [0.1, 0.15) is 31.4 Å². The van der Waals surface area contributed by atoms with Crippen LogP contribution in [-0.4, -0.2) is 15.0 Å². The number of nitrogens with zero attached hydrogens (tertiary/aromatic N) is 2. The zero-order valence-corrected chi connectivity index (χ0v) is 14.9. The van der Waals surface area contributed by atoms with E-state index in [0.29, 0.717) is 4.70 Å². The van der Waals surface area contributed by atoms with E-state index in [1.807, 2.05) is 12.1 Å². The number of furan rings is 1. The summed E-state index contributed by atoms with van der Waals surface area (Å²) in [6.07, 6.45) is 6.18. The summed E-state index contributed by atoms with van der Waals surface area (Å²) >= 11 is 1.41. The maximum atomic E-state index is 12.2. The normalized spacial score (nSPS) is 16.4. The molecule has 6 heteroatoms. The van der Waals surface area contributed by atoms with Crippen molar-refractivity contribution in [3.63, 3.8) is 0 Å². The van der Waals surface area contributed by atoms with Gasteiger partial charge in [-0.1, -0.05) is 13.8 Å². The van der Waals surface area contributed by atoms with E-state index in [4.69, 9.17) is 9.40 Å². The largest absolute Gasteiger partial charge is 0.463 e. The molecule has 5 rings (SSSR count). The Balaban J connectivity index is 1.95. The summed E-state index contributed by atoms with van der Waals surface area (Å²) in [6, 6.07) is 3.84. The standard InChI is InChI=1S/C19H17N3O2S/c1-19(2)6-5-10-11(8-19)13-15-16(17(23)21-9-20-15)25-18(13)22-14(10)12-4-3-7-24-12/h3-4,7,9H,5-6,8H2,1-2H3,(H,20,21,23). The minimum atomic E-state index is -0.101. The molecule has 0 unspecified atom stereocenters. The van der Waals surface area contributed by atoms with Gasteiger partial charge in [0.05, 0.1) is 18.1 Å². The van der Waals surface area contributed by atoms with Crippen LogP contribution >= 0.6 is 11.3 Å². The lowest BCUT2D eigenvalue weighted by Gasteiger charge is -2.32. The van der Waals surface area contributed by atoms with Gasteiger partial charge >= 0.3 is 0 Å². The van der Waals surface area contributed by atoms with Crippen molar-refractivity contribution < 1.29 is 4.42 Å². The monoisotopic (exact) mass is 351 g/mol. The Hall–Kier alpha value is -2.47. The lowest BCUT2D eigenvalue weighted by molar-refractivity contribution is 0.316. The molecule has 0 saturated carbocycles. The molecule has 0 spiro atoms. The van der Waals surface area contributed by atoms with E-state index in [-0.39, 0.29) is 11.0 Å². The summed E-state index contributed by atoms with van der Waals surface area (Å²) in [6.45, 7) is 4.59. The molecule has 0 fully saturated rings. The Labute approximate surface area is 147 Å². The van der Waals surface area contributed by atoms with Crippen molar-refractivity contribution >= 4 is 31.8 Å². The van der Waals surface area contributed by atoms with Gasteiger partial charge < -0.3 is 9.40 Å². The molecule has 0 radical (unpaired) electrons. The van der Waals surface area contributed by atoms with Gasteiger partial charge in [0.25, 0.3) is 5.56 Å². The number of H-pyrrole nitrogens is 1. The van der Waals surface area contributed by atoms with E-state index in [1.54, 1.807) is 6.26 Å². The second-order valence-corrected chi connectivity index (χ2v) is 8.43. The van der Waals surface area contributed by atoms with E-state index >= 15 is 0 Å². The number of aromatic amines is 1. The highest BCUT2D eigenvalue weighted by Gasteiger charge is 2.31. The molecule has 0 amide bonds. The minimum Gasteiger partial charge on any atom is -0.463 e. The molecular weight excluding hydrogens is 334 g/mol. The molecule has 0 bridgehead atoms. The SMILES string of the molecule is CC1(C)CCc2c(-c3ccco3)nc3sc4c(=O)[nH]cnc4c3c2C1. The highest BCUT2D eigenvalue weighted by Crippen LogP contribution is 2.44. The molecule has 0 aromatic carbocycles. The fourth-order valence-electron chi connectivity index (χ4n) is 3.83. The molecule has 4 aromatic rings. The number of hydrogen-bond acceptors (Lipinski definition) is 5. The fraction of sp³-hybridized carbons (Fsp3) is 0.316. The highest BCUT2D eigenvalue weighted by molar-refractivity contribution is 7.25. The quantitative estimate of drug-likeness (QED) is 0.555. The average Bonchev–Trinajstić information content (AvgIpc) is 3.21. The van der Waals surface area contributed by atoms with E-state index in [1.165, 1.54) is 28.8 Å². The van der Waals surface area contributed by atoms with Gasteiger partial charge in [0, 0.05) is 5.39 Å². The Kier molecular flexibility index (Phi) is 2.98. The maximum absolute atomic E-state index is 12.2. The summed E-state index contributed by atoms with van der Waals surface area (Å²) in [4.78, 5) is 25.1. The van der Waals surface area contributed by atoms with Crippen molar-refractivity contribution in [2.75, 3.05) is 0 Å². The number of nitrogens with one attached hydrogen (secondary N) is 1. The molecule has 5 nitrogen and oxygen atoms in total. The molecule has 0 atom stereocenters. The molecule has 4 heterocycles. The van der Waals surface area contributed by atoms with Crippen LogP contribution in [0.4, 0.5) is 0 Å². The van der Waals surface area contributed by atoms with Crippen LogP contribution in [0.25, 0.3) is 31.9 Å². The third-order valence-electron chi connectivity index (χ3n) is 5.09. The number of thiophene rings is 1. The number of hydrogen-bond donors (Lipinski definition) is 1. The fourth-order valence-corrected chi connectivity index (χ4v) is 4.89. The lowest BCUT2D eigenvalue weighted by atomic mass is 9.73. The van der Waals surface area contributed by atoms with Gasteiger partial charge in [0.1, 0.15) is 15.2 Å². The Bertz CT molecular complexity index is 1170. The van der Waals surface area contributed by atoms with Crippen LogP contribution in [0.15, 0.2) is 33.9 Å². The summed E-state index contributed by atoms with van der Waals surface area (Å²) in [5.74, 6) is 0.789.